The van der Waals surface area contributed by atoms with Crippen LogP contribution in [-0.4, -0.2) is 7.11 Å². The first kappa shape index (κ1) is 13.7. The highest BCUT2D eigenvalue weighted by molar-refractivity contribution is 6.32. The van der Waals surface area contributed by atoms with Crippen LogP contribution in [-0.2, 0) is 0 Å². The maximum absolute atomic E-state index is 6.40. The minimum atomic E-state index is 0.0170. The van der Waals surface area contributed by atoms with Crippen LogP contribution in [0.5, 0.6) is 5.75 Å². The van der Waals surface area contributed by atoms with Gasteiger partial charge in [0.1, 0.15) is 5.75 Å². The molecule has 0 aliphatic carbocycles. The van der Waals surface area contributed by atoms with Gasteiger partial charge >= 0.3 is 0 Å². The largest absolute Gasteiger partial charge is 0.495 e. The SMILES string of the molecule is CCCC(C)C(Cl)c1ccc(OC)c(Cl)c1. The van der Waals surface area contributed by atoms with E-state index in [9.17, 15) is 0 Å². The Bertz CT molecular complexity index is 339. The lowest BCUT2D eigenvalue weighted by Gasteiger charge is -2.18. The van der Waals surface area contributed by atoms with Crippen molar-refractivity contribution in [2.75, 3.05) is 7.11 Å². The molecule has 0 saturated heterocycles. The highest BCUT2D eigenvalue weighted by Crippen LogP contribution is 2.35. The van der Waals surface area contributed by atoms with Gasteiger partial charge in [0.25, 0.3) is 0 Å². The molecular weight excluding hydrogens is 243 g/mol. The fourth-order valence-corrected chi connectivity index (χ4v) is 2.31. The van der Waals surface area contributed by atoms with Crippen molar-refractivity contribution in [3.8, 4) is 5.75 Å². The highest BCUT2D eigenvalue weighted by atomic mass is 35.5. The summed E-state index contributed by atoms with van der Waals surface area (Å²) in [5, 5.41) is 0.637. The number of alkyl halides is 1. The lowest BCUT2D eigenvalue weighted by Crippen LogP contribution is -2.03. The summed E-state index contributed by atoms with van der Waals surface area (Å²) in [5.74, 6) is 1.15. The molecule has 1 aromatic rings. The van der Waals surface area contributed by atoms with E-state index in [1.54, 1.807) is 7.11 Å². The molecule has 0 heterocycles. The number of methoxy groups -OCH3 is 1. The van der Waals surface area contributed by atoms with Crippen molar-refractivity contribution in [1.29, 1.82) is 0 Å². The molecular formula is C13H18Cl2O. The average molecular weight is 261 g/mol. The first-order chi connectivity index (χ1) is 7.60. The summed E-state index contributed by atoms with van der Waals surface area (Å²) in [7, 11) is 1.61. The first-order valence-corrected chi connectivity index (χ1v) is 6.39. The summed E-state index contributed by atoms with van der Waals surface area (Å²) >= 11 is 12.5. The quantitative estimate of drug-likeness (QED) is 0.673. The molecule has 0 amide bonds. The zero-order chi connectivity index (χ0) is 12.1. The van der Waals surface area contributed by atoms with Gasteiger partial charge in [0, 0.05) is 0 Å². The fourth-order valence-electron chi connectivity index (χ4n) is 1.78. The summed E-state index contributed by atoms with van der Waals surface area (Å²) in [4.78, 5) is 0. The van der Waals surface area contributed by atoms with Crippen molar-refractivity contribution in [3.63, 3.8) is 0 Å². The van der Waals surface area contributed by atoms with E-state index in [2.05, 4.69) is 13.8 Å². The Morgan fingerprint density at radius 1 is 1.38 bits per heavy atom. The summed E-state index contributed by atoms with van der Waals surface area (Å²) in [6, 6.07) is 5.74. The van der Waals surface area contributed by atoms with E-state index in [0.717, 1.165) is 18.4 Å². The van der Waals surface area contributed by atoms with Gasteiger partial charge < -0.3 is 4.74 Å². The van der Waals surface area contributed by atoms with E-state index in [0.29, 0.717) is 16.7 Å². The van der Waals surface area contributed by atoms with E-state index in [-0.39, 0.29) is 5.38 Å². The molecule has 0 bridgehead atoms. The molecule has 0 aliphatic rings. The molecule has 0 spiro atoms. The van der Waals surface area contributed by atoms with E-state index in [4.69, 9.17) is 27.9 Å². The standard InChI is InChI=1S/C13H18Cl2O/c1-4-5-9(2)13(15)10-6-7-12(16-3)11(14)8-10/h6-9,13H,4-5H2,1-3H3. The van der Waals surface area contributed by atoms with E-state index < -0.39 is 0 Å². The van der Waals surface area contributed by atoms with Crippen LogP contribution < -0.4 is 4.74 Å². The number of halogens is 2. The number of hydrogen-bond acceptors (Lipinski definition) is 1. The molecule has 1 rings (SSSR count). The Labute approximate surface area is 108 Å². The lowest BCUT2D eigenvalue weighted by molar-refractivity contribution is 0.414. The van der Waals surface area contributed by atoms with Crippen molar-refractivity contribution in [2.45, 2.75) is 32.1 Å². The van der Waals surface area contributed by atoms with Crippen molar-refractivity contribution in [3.05, 3.63) is 28.8 Å². The molecule has 90 valence electrons. The second-order valence-electron chi connectivity index (χ2n) is 4.06. The Kier molecular flexibility index (Phi) is 5.43. The predicted octanol–water partition coefficient (Wildman–Crippen LogP) is 5.06. The fraction of sp³-hybridized carbons (Fsp3) is 0.538. The van der Waals surface area contributed by atoms with E-state index >= 15 is 0 Å². The van der Waals surface area contributed by atoms with Crippen LogP contribution in [0.2, 0.25) is 5.02 Å². The smallest absolute Gasteiger partial charge is 0.137 e. The summed E-state index contributed by atoms with van der Waals surface area (Å²) in [6.07, 6.45) is 2.27. The third-order valence-electron chi connectivity index (χ3n) is 2.74. The van der Waals surface area contributed by atoms with Crippen LogP contribution in [0.4, 0.5) is 0 Å². The predicted molar refractivity (Wildman–Crippen MR) is 70.7 cm³/mol. The van der Waals surface area contributed by atoms with Gasteiger partial charge in [-0.05, 0) is 30.0 Å². The van der Waals surface area contributed by atoms with Crippen LogP contribution in [0.15, 0.2) is 18.2 Å². The molecule has 0 aromatic heterocycles. The lowest BCUT2D eigenvalue weighted by atomic mass is 9.96. The van der Waals surface area contributed by atoms with Crippen LogP contribution in [0, 0.1) is 5.92 Å². The third kappa shape index (κ3) is 3.29. The van der Waals surface area contributed by atoms with Crippen molar-refractivity contribution < 1.29 is 4.74 Å². The van der Waals surface area contributed by atoms with Gasteiger partial charge in [0.05, 0.1) is 17.5 Å². The molecule has 2 atom stereocenters. The Morgan fingerprint density at radius 2 is 2.06 bits per heavy atom. The molecule has 0 aliphatic heterocycles. The van der Waals surface area contributed by atoms with Gasteiger partial charge in [-0.1, -0.05) is 37.9 Å². The average Bonchev–Trinajstić information content (AvgIpc) is 2.28. The molecule has 3 heteroatoms. The molecule has 0 fully saturated rings. The number of hydrogen-bond donors (Lipinski definition) is 0. The van der Waals surface area contributed by atoms with Crippen molar-refractivity contribution in [2.24, 2.45) is 5.92 Å². The minimum Gasteiger partial charge on any atom is -0.495 e. The van der Waals surface area contributed by atoms with E-state index in [1.165, 1.54) is 0 Å². The number of benzene rings is 1. The maximum Gasteiger partial charge on any atom is 0.137 e. The molecule has 0 N–H and O–H groups in total. The maximum atomic E-state index is 6.40. The molecule has 16 heavy (non-hydrogen) atoms. The van der Waals surface area contributed by atoms with Crippen LogP contribution in [0.25, 0.3) is 0 Å². The van der Waals surface area contributed by atoms with Gasteiger partial charge in [0.15, 0.2) is 0 Å². The second-order valence-corrected chi connectivity index (χ2v) is 4.94. The van der Waals surface area contributed by atoms with Crippen LogP contribution >= 0.6 is 23.2 Å². The van der Waals surface area contributed by atoms with Gasteiger partial charge in [-0.15, -0.1) is 11.6 Å². The zero-order valence-electron chi connectivity index (χ0n) is 9.97. The van der Waals surface area contributed by atoms with Gasteiger partial charge in [-0.25, -0.2) is 0 Å². The number of rotatable bonds is 5. The Balaban J connectivity index is 2.84. The van der Waals surface area contributed by atoms with Crippen LogP contribution in [0.3, 0.4) is 0 Å². The van der Waals surface area contributed by atoms with Crippen molar-refractivity contribution in [1.82, 2.24) is 0 Å². The molecule has 0 saturated carbocycles. The number of ether oxygens (including phenoxy) is 1. The summed E-state index contributed by atoms with van der Waals surface area (Å²) < 4.78 is 5.11. The minimum absolute atomic E-state index is 0.0170. The first-order valence-electron chi connectivity index (χ1n) is 5.57. The Morgan fingerprint density at radius 3 is 2.56 bits per heavy atom. The highest BCUT2D eigenvalue weighted by Gasteiger charge is 2.16. The Hall–Kier alpha value is -0.400. The monoisotopic (exact) mass is 260 g/mol. The van der Waals surface area contributed by atoms with Crippen molar-refractivity contribution >= 4 is 23.2 Å². The van der Waals surface area contributed by atoms with Crippen LogP contribution in [0.1, 0.15) is 37.6 Å². The van der Waals surface area contributed by atoms with Gasteiger partial charge in [-0.2, -0.15) is 0 Å². The summed E-state index contributed by atoms with van der Waals surface area (Å²) in [5.41, 5.74) is 1.06. The normalized spacial score (nSPS) is 14.6. The zero-order valence-corrected chi connectivity index (χ0v) is 11.5. The van der Waals surface area contributed by atoms with Gasteiger partial charge in [0.2, 0.25) is 0 Å². The molecule has 1 nitrogen and oxygen atoms in total. The second kappa shape index (κ2) is 6.36. The van der Waals surface area contributed by atoms with E-state index in [1.807, 2.05) is 18.2 Å². The molecule has 0 radical (unpaired) electrons. The molecule has 1 aromatic carbocycles. The summed E-state index contributed by atoms with van der Waals surface area (Å²) in [6.45, 7) is 4.33. The van der Waals surface area contributed by atoms with Gasteiger partial charge in [-0.3, -0.25) is 0 Å². The molecule has 2 unspecified atom stereocenters. The topological polar surface area (TPSA) is 9.23 Å². The third-order valence-corrected chi connectivity index (χ3v) is 3.72.